The van der Waals surface area contributed by atoms with E-state index >= 15 is 0 Å². The molecule has 0 aliphatic carbocycles. The van der Waals surface area contributed by atoms with E-state index in [2.05, 4.69) is 54.0 Å². The summed E-state index contributed by atoms with van der Waals surface area (Å²) < 4.78 is 2.28. The van der Waals surface area contributed by atoms with E-state index in [9.17, 15) is 4.79 Å². The number of rotatable bonds is 4. The zero-order valence-corrected chi connectivity index (χ0v) is 14.2. The fourth-order valence-electron chi connectivity index (χ4n) is 3.70. The molecular weight excluding hydrogens is 308 g/mol. The van der Waals surface area contributed by atoms with Crippen LogP contribution in [0.2, 0.25) is 0 Å². The maximum atomic E-state index is 11.9. The number of aromatic nitrogens is 1. The monoisotopic (exact) mass is 328 g/mol. The van der Waals surface area contributed by atoms with Gasteiger partial charge in [0.2, 0.25) is 5.91 Å². The first-order valence-corrected chi connectivity index (χ1v) is 8.57. The summed E-state index contributed by atoms with van der Waals surface area (Å²) in [6, 6.07) is 22.5. The lowest BCUT2D eigenvalue weighted by Gasteiger charge is -2.11. The predicted octanol–water partition coefficient (Wildman–Crippen LogP) is 4.50. The molecule has 0 saturated carbocycles. The van der Waals surface area contributed by atoms with E-state index < -0.39 is 0 Å². The molecule has 0 aliphatic rings. The lowest BCUT2D eigenvalue weighted by Crippen LogP contribution is -2.11. The van der Waals surface area contributed by atoms with Crippen LogP contribution in [0.3, 0.4) is 0 Å². The minimum atomic E-state index is -0.387. The Labute approximate surface area is 146 Å². The number of primary amides is 1. The second kappa shape index (κ2) is 6.10. The molecule has 0 bridgehead atoms. The molecule has 4 aromatic rings. The molecule has 3 aromatic carbocycles. The Morgan fingerprint density at radius 3 is 2.32 bits per heavy atom. The lowest BCUT2D eigenvalue weighted by atomic mass is 10.1. The molecule has 0 radical (unpaired) electrons. The van der Waals surface area contributed by atoms with E-state index in [1.54, 1.807) is 6.07 Å². The summed E-state index contributed by atoms with van der Waals surface area (Å²) >= 11 is 0. The van der Waals surface area contributed by atoms with Gasteiger partial charge >= 0.3 is 0 Å². The average Bonchev–Trinajstić information content (AvgIpc) is 2.96. The Balaban J connectivity index is 2.03. The molecule has 1 aromatic heterocycles. The average molecular weight is 328 g/mol. The maximum absolute atomic E-state index is 11.9. The third-order valence-electron chi connectivity index (χ3n) is 4.89. The van der Waals surface area contributed by atoms with Gasteiger partial charge in [0.15, 0.2) is 0 Å². The van der Waals surface area contributed by atoms with Crippen molar-refractivity contribution in [1.82, 2.24) is 4.57 Å². The number of carbonyl (C=O) groups is 1. The van der Waals surface area contributed by atoms with Crippen LogP contribution >= 0.6 is 0 Å². The van der Waals surface area contributed by atoms with Crippen molar-refractivity contribution in [3.05, 3.63) is 83.4 Å². The van der Waals surface area contributed by atoms with Gasteiger partial charge in [0.05, 0.1) is 5.52 Å². The number of benzene rings is 3. The lowest BCUT2D eigenvalue weighted by molar-refractivity contribution is 0.100. The maximum Gasteiger partial charge on any atom is 0.249 e. The van der Waals surface area contributed by atoms with E-state index in [4.69, 9.17) is 5.73 Å². The van der Waals surface area contributed by atoms with Gasteiger partial charge in [0, 0.05) is 28.4 Å². The molecular formula is C22H20N2O. The number of para-hydroxylation sites is 1. The van der Waals surface area contributed by atoms with Gasteiger partial charge in [-0.05, 0) is 35.7 Å². The van der Waals surface area contributed by atoms with Crippen LogP contribution in [0.4, 0.5) is 0 Å². The number of nitrogens with two attached hydrogens (primary N) is 1. The zero-order chi connectivity index (χ0) is 17.4. The van der Waals surface area contributed by atoms with Crippen molar-refractivity contribution in [3.63, 3.8) is 0 Å². The molecule has 0 fully saturated rings. The SMILES string of the molecule is CCc1ccccc1Cn1c2ccccc2c2c(C(N)=O)cccc21. The van der Waals surface area contributed by atoms with Crippen LogP contribution < -0.4 is 5.73 Å². The van der Waals surface area contributed by atoms with Crippen LogP contribution in [0, 0.1) is 0 Å². The van der Waals surface area contributed by atoms with Gasteiger partial charge < -0.3 is 10.3 Å². The van der Waals surface area contributed by atoms with Crippen LogP contribution in [0.1, 0.15) is 28.4 Å². The third kappa shape index (κ3) is 2.49. The first-order chi connectivity index (χ1) is 12.2. The second-order valence-corrected chi connectivity index (χ2v) is 6.29. The van der Waals surface area contributed by atoms with Crippen LogP contribution in [-0.4, -0.2) is 10.5 Å². The smallest absolute Gasteiger partial charge is 0.249 e. The van der Waals surface area contributed by atoms with Gasteiger partial charge in [0.25, 0.3) is 0 Å². The van der Waals surface area contributed by atoms with E-state index in [1.807, 2.05) is 18.2 Å². The number of aryl methyl sites for hydroxylation is 1. The van der Waals surface area contributed by atoms with Crippen LogP contribution in [0.25, 0.3) is 21.8 Å². The molecule has 0 aliphatic heterocycles. The molecule has 1 amide bonds. The fourth-order valence-corrected chi connectivity index (χ4v) is 3.70. The molecule has 25 heavy (non-hydrogen) atoms. The number of nitrogens with zero attached hydrogens (tertiary/aromatic N) is 1. The van der Waals surface area contributed by atoms with E-state index in [0.29, 0.717) is 5.56 Å². The second-order valence-electron chi connectivity index (χ2n) is 6.29. The molecule has 3 heteroatoms. The third-order valence-corrected chi connectivity index (χ3v) is 4.89. The summed E-state index contributed by atoms with van der Waals surface area (Å²) in [6.45, 7) is 2.95. The summed E-state index contributed by atoms with van der Waals surface area (Å²) in [5, 5.41) is 2.01. The van der Waals surface area contributed by atoms with Crippen molar-refractivity contribution in [1.29, 1.82) is 0 Å². The first-order valence-electron chi connectivity index (χ1n) is 8.57. The van der Waals surface area contributed by atoms with Gasteiger partial charge in [0.1, 0.15) is 0 Å². The molecule has 0 atom stereocenters. The molecule has 0 saturated heterocycles. The van der Waals surface area contributed by atoms with Crippen molar-refractivity contribution in [3.8, 4) is 0 Å². The van der Waals surface area contributed by atoms with Crippen molar-refractivity contribution in [2.24, 2.45) is 5.73 Å². The highest BCUT2D eigenvalue weighted by molar-refractivity contribution is 6.17. The van der Waals surface area contributed by atoms with Crippen LogP contribution in [0.5, 0.6) is 0 Å². The van der Waals surface area contributed by atoms with Gasteiger partial charge in [-0.1, -0.05) is 55.5 Å². The fraction of sp³-hybridized carbons (Fsp3) is 0.136. The van der Waals surface area contributed by atoms with Gasteiger partial charge in [-0.15, -0.1) is 0 Å². The van der Waals surface area contributed by atoms with Gasteiger partial charge in [-0.3, -0.25) is 4.79 Å². The summed E-state index contributed by atoms with van der Waals surface area (Å²) in [6.07, 6.45) is 1.000. The zero-order valence-electron chi connectivity index (χ0n) is 14.2. The van der Waals surface area contributed by atoms with Crippen molar-refractivity contribution < 1.29 is 4.79 Å². The first kappa shape index (κ1) is 15.5. The molecule has 4 rings (SSSR count). The van der Waals surface area contributed by atoms with Crippen LogP contribution in [-0.2, 0) is 13.0 Å². The number of hydrogen-bond acceptors (Lipinski definition) is 1. The largest absolute Gasteiger partial charge is 0.366 e. The van der Waals surface area contributed by atoms with Crippen molar-refractivity contribution >= 4 is 27.7 Å². The summed E-state index contributed by atoms with van der Waals surface area (Å²) in [5.74, 6) is -0.387. The Bertz CT molecular complexity index is 1090. The highest BCUT2D eigenvalue weighted by Gasteiger charge is 2.16. The number of amides is 1. The molecule has 0 spiro atoms. The Hall–Kier alpha value is -3.07. The molecule has 2 N–H and O–H groups in total. The van der Waals surface area contributed by atoms with E-state index in [1.165, 1.54) is 11.1 Å². The minimum absolute atomic E-state index is 0.387. The highest BCUT2D eigenvalue weighted by Crippen LogP contribution is 2.32. The van der Waals surface area contributed by atoms with Crippen molar-refractivity contribution in [2.75, 3.05) is 0 Å². The molecule has 3 nitrogen and oxygen atoms in total. The quantitative estimate of drug-likeness (QED) is 0.589. The van der Waals surface area contributed by atoms with Crippen molar-refractivity contribution in [2.45, 2.75) is 19.9 Å². The molecule has 124 valence electrons. The van der Waals surface area contributed by atoms with Crippen LogP contribution in [0.15, 0.2) is 66.7 Å². The normalized spacial score (nSPS) is 11.2. The Kier molecular flexibility index (Phi) is 3.77. The van der Waals surface area contributed by atoms with Gasteiger partial charge in [-0.2, -0.15) is 0 Å². The van der Waals surface area contributed by atoms with Gasteiger partial charge in [-0.25, -0.2) is 0 Å². The van der Waals surface area contributed by atoms with E-state index in [-0.39, 0.29) is 5.91 Å². The summed E-state index contributed by atoms with van der Waals surface area (Å²) in [4.78, 5) is 11.9. The summed E-state index contributed by atoms with van der Waals surface area (Å²) in [7, 11) is 0. The summed E-state index contributed by atoms with van der Waals surface area (Å²) in [5.41, 5.74) is 11.0. The Morgan fingerprint density at radius 1 is 0.880 bits per heavy atom. The molecule has 0 unspecified atom stereocenters. The number of carbonyl (C=O) groups excluding carboxylic acids is 1. The minimum Gasteiger partial charge on any atom is -0.366 e. The highest BCUT2D eigenvalue weighted by atomic mass is 16.1. The standard InChI is InChI=1S/C22H20N2O/c1-2-15-8-3-4-9-16(15)14-24-19-12-6-5-10-17(19)21-18(22(23)25)11-7-13-20(21)24/h3-13H,2,14H2,1H3,(H2,23,25). The number of hydrogen-bond donors (Lipinski definition) is 1. The predicted molar refractivity (Wildman–Crippen MR) is 103 cm³/mol. The Morgan fingerprint density at radius 2 is 1.56 bits per heavy atom. The van der Waals surface area contributed by atoms with E-state index in [0.717, 1.165) is 34.8 Å². The molecule has 1 heterocycles. The topological polar surface area (TPSA) is 48.0 Å². The number of fused-ring (bicyclic) bond motifs is 3.